The highest BCUT2D eigenvalue weighted by atomic mass is 35.5. The Kier molecular flexibility index (Phi) is 6.50. The summed E-state index contributed by atoms with van der Waals surface area (Å²) in [5.41, 5.74) is 4.65. The summed E-state index contributed by atoms with van der Waals surface area (Å²) in [7, 11) is 0. The number of hydrogen-bond acceptors (Lipinski definition) is 6. The van der Waals surface area contributed by atoms with Gasteiger partial charge in [-0.15, -0.1) is 0 Å². The first-order valence-electron chi connectivity index (χ1n) is 8.74. The van der Waals surface area contributed by atoms with Crippen molar-refractivity contribution in [3.8, 4) is 0 Å². The van der Waals surface area contributed by atoms with Crippen LogP contribution in [0, 0.1) is 5.92 Å². The molecule has 1 aromatic heterocycles. The lowest BCUT2D eigenvalue weighted by Gasteiger charge is -2.14. The molecule has 3 amide bonds. The van der Waals surface area contributed by atoms with Crippen LogP contribution in [0.2, 0.25) is 5.02 Å². The molecule has 0 bridgehead atoms. The number of hydrogen-bond donors (Lipinski definition) is 2. The minimum atomic E-state index is -0.711. The van der Waals surface area contributed by atoms with Crippen LogP contribution in [0.15, 0.2) is 47.1 Å². The molecule has 29 heavy (non-hydrogen) atoms. The lowest BCUT2D eigenvalue weighted by atomic mass is 10.1. The number of amides is 3. The number of carbonyl (C=O) groups excluding carboxylic acids is 4. The topological polar surface area (TPSA) is 118 Å². The van der Waals surface area contributed by atoms with Crippen molar-refractivity contribution in [3.63, 3.8) is 0 Å². The van der Waals surface area contributed by atoms with Crippen molar-refractivity contribution in [3.05, 3.63) is 59.0 Å². The molecule has 2 heterocycles. The van der Waals surface area contributed by atoms with Crippen LogP contribution < -0.4 is 10.9 Å². The fourth-order valence-electron chi connectivity index (χ4n) is 2.76. The standard InChI is InChI=1S/C19H18ClN3O6/c20-14-5-3-12(4-6-14)18(26)22-21-16(24)11-29-19(27)13-8-17(25)23(9-13)10-15-2-1-7-28-15/h1-7,13H,8-11H2,(H,21,24)(H,22,26)/t13-/m0/s1. The summed E-state index contributed by atoms with van der Waals surface area (Å²) in [6, 6.07) is 9.52. The van der Waals surface area contributed by atoms with Gasteiger partial charge >= 0.3 is 5.97 Å². The number of hydrazine groups is 1. The van der Waals surface area contributed by atoms with Crippen LogP contribution in [-0.4, -0.2) is 41.7 Å². The highest BCUT2D eigenvalue weighted by Gasteiger charge is 2.35. The average molecular weight is 420 g/mol. The molecule has 0 unspecified atom stereocenters. The molecule has 2 aromatic rings. The minimum absolute atomic E-state index is 0.00840. The Labute approximate surface area is 170 Å². The molecule has 0 saturated carbocycles. The summed E-state index contributed by atoms with van der Waals surface area (Å²) in [5.74, 6) is -2.15. The molecule has 1 saturated heterocycles. The third-order valence-corrected chi connectivity index (χ3v) is 4.49. The third kappa shape index (κ3) is 5.58. The Morgan fingerprint density at radius 3 is 2.62 bits per heavy atom. The molecule has 1 fully saturated rings. The second kappa shape index (κ2) is 9.24. The van der Waals surface area contributed by atoms with Gasteiger partial charge in [0.15, 0.2) is 6.61 Å². The van der Waals surface area contributed by atoms with Gasteiger partial charge in [0, 0.05) is 23.6 Å². The number of carbonyl (C=O) groups is 4. The Hall–Kier alpha value is -3.33. The van der Waals surface area contributed by atoms with Crippen LogP contribution in [0.5, 0.6) is 0 Å². The number of benzene rings is 1. The number of furan rings is 1. The van der Waals surface area contributed by atoms with Crippen LogP contribution in [0.1, 0.15) is 22.5 Å². The molecular formula is C19H18ClN3O6. The van der Waals surface area contributed by atoms with Crippen LogP contribution in [0.4, 0.5) is 0 Å². The zero-order valence-corrected chi connectivity index (χ0v) is 16.0. The molecule has 0 aliphatic carbocycles. The van der Waals surface area contributed by atoms with Crippen molar-refractivity contribution < 1.29 is 28.3 Å². The second-order valence-electron chi connectivity index (χ2n) is 6.37. The Balaban J connectivity index is 1.39. The molecule has 0 spiro atoms. The maximum absolute atomic E-state index is 12.1. The monoisotopic (exact) mass is 419 g/mol. The molecule has 1 aromatic carbocycles. The summed E-state index contributed by atoms with van der Waals surface area (Å²) in [4.78, 5) is 49.3. The normalized spacial score (nSPS) is 15.8. The fraction of sp³-hybridized carbons (Fsp3) is 0.263. The maximum Gasteiger partial charge on any atom is 0.311 e. The van der Waals surface area contributed by atoms with Crippen LogP contribution >= 0.6 is 11.6 Å². The molecule has 10 heteroatoms. The van der Waals surface area contributed by atoms with E-state index in [0.29, 0.717) is 16.3 Å². The lowest BCUT2D eigenvalue weighted by molar-refractivity contribution is -0.152. The van der Waals surface area contributed by atoms with Gasteiger partial charge in [-0.05, 0) is 36.4 Å². The summed E-state index contributed by atoms with van der Waals surface area (Å²) in [6.07, 6.45) is 1.51. The first-order chi connectivity index (χ1) is 13.9. The molecule has 9 nitrogen and oxygen atoms in total. The smallest absolute Gasteiger partial charge is 0.311 e. The van der Waals surface area contributed by atoms with E-state index in [1.165, 1.54) is 35.4 Å². The number of likely N-dealkylation sites (tertiary alicyclic amines) is 1. The summed E-state index contributed by atoms with van der Waals surface area (Å²) in [6.45, 7) is -0.122. The van der Waals surface area contributed by atoms with Crippen molar-refractivity contribution in [1.82, 2.24) is 15.8 Å². The number of esters is 1. The molecule has 1 aliphatic rings. The van der Waals surface area contributed by atoms with Crippen LogP contribution in [-0.2, 0) is 25.7 Å². The van der Waals surface area contributed by atoms with E-state index < -0.39 is 30.3 Å². The van der Waals surface area contributed by atoms with Gasteiger partial charge in [-0.25, -0.2) is 0 Å². The van der Waals surface area contributed by atoms with Crippen molar-refractivity contribution in [2.24, 2.45) is 5.92 Å². The Morgan fingerprint density at radius 2 is 1.93 bits per heavy atom. The molecule has 1 aliphatic heterocycles. The van der Waals surface area contributed by atoms with E-state index in [4.69, 9.17) is 20.8 Å². The predicted molar refractivity (Wildman–Crippen MR) is 100 cm³/mol. The van der Waals surface area contributed by atoms with Crippen molar-refractivity contribution in [2.45, 2.75) is 13.0 Å². The van der Waals surface area contributed by atoms with E-state index in [2.05, 4.69) is 10.9 Å². The summed E-state index contributed by atoms with van der Waals surface area (Å²) in [5, 5.41) is 0.477. The van der Waals surface area contributed by atoms with E-state index in [9.17, 15) is 19.2 Å². The molecular weight excluding hydrogens is 402 g/mol. The number of ether oxygens (including phenoxy) is 1. The Morgan fingerprint density at radius 1 is 1.17 bits per heavy atom. The van der Waals surface area contributed by atoms with Gasteiger partial charge in [0.25, 0.3) is 11.8 Å². The van der Waals surface area contributed by atoms with Crippen molar-refractivity contribution in [2.75, 3.05) is 13.2 Å². The van der Waals surface area contributed by atoms with E-state index in [0.717, 1.165) is 0 Å². The van der Waals surface area contributed by atoms with Gasteiger partial charge in [0.05, 0.1) is 18.7 Å². The molecule has 152 valence electrons. The number of rotatable bonds is 6. The first kappa shape index (κ1) is 20.4. The first-order valence-corrected chi connectivity index (χ1v) is 9.11. The van der Waals surface area contributed by atoms with Crippen LogP contribution in [0.3, 0.4) is 0 Å². The van der Waals surface area contributed by atoms with Gasteiger partial charge in [0.2, 0.25) is 5.91 Å². The van der Waals surface area contributed by atoms with Gasteiger partial charge < -0.3 is 14.1 Å². The molecule has 0 radical (unpaired) electrons. The number of nitrogens with zero attached hydrogens (tertiary/aromatic N) is 1. The van der Waals surface area contributed by atoms with Gasteiger partial charge in [-0.1, -0.05) is 11.6 Å². The van der Waals surface area contributed by atoms with E-state index in [1.807, 2.05) is 0 Å². The van der Waals surface area contributed by atoms with E-state index >= 15 is 0 Å². The highest BCUT2D eigenvalue weighted by Crippen LogP contribution is 2.21. The zero-order valence-electron chi connectivity index (χ0n) is 15.2. The minimum Gasteiger partial charge on any atom is -0.467 e. The largest absolute Gasteiger partial charge is 0.467 e. The average Bonchev–Trinajstić information content (AvgIpc) is 3.35. The van der Waals surface area contributed by atoms with Crippen molar-refractivity contribution >= 4 is 35.3 Å². The third-order valence-electron chi connectivity index (χ3n) is 4.24. The van der Waals surface area contributed by atoms with Crippen LogP contribution in [0.25, 0.3) is 0 Å². The Bertz CT molecular complexity index is 897. The van der Waals surface area contributed by atoms with E-state index in [-0.39, 0.29) is 25.4 Å². The quantitative estimate of drug-likeness (QED) is 0.538. The van der Waals surface area contributed by atoms with Crippen molar-refractivity contribution in [1.29, 1.82) is 0 Å². The highest BCUT2D eigenvalue weighted by molar-refractivity contribution is 6.30. The zero-order chi connectivity index (χ0) is 20.8. The molecule has 1 atom stereocenters. The number of halogens is 1. The van der Waals surface area contributed by atoms with Gasteiger partial charge in [-0.3, -0.25) is 30.0 Å². The SMILES string of the molecule is O=C(COC(=O)[C@H]1CC(=O)N(Cc2ccco2)C1)NNC(=O)c1ccc(Cl)cc1. The second-order valence-corrected chi connectivity index (χ2v) is 6.81. The predicted octanol–water partition coefficient (Wildman–Crippen LogP) is 1.29. The molecule has 3 rings (SSSR count). The van der Waals surface area contributed by atoms with E-state index in [1.54, 1.807) is 12.1 Å². The number of nitrogens with one attached hydrogen (secondary N) is 2. The lowest BCUT2D eigenvalue weighted by Crippen LogP contribution is -2.43. The summed E-state index contributed by atoms with van der Waals surface area (Å²) >= 11 is 5.74. The fourth-order valence-corrected chi connectivity index (χ4v) is 2.89. The summed E-state index contributed by atoms with van der Waals surface area (Å²) < 4.78 is 10.1. The van der Waals surface area contributed by atoms with Gasteiger partial charge in [-0.2, -0.15) is 0 Å². The van der Waals surface area contributed by atoms with Gasteiger partial charge in [0.1, 0.15) is 5.76 Å². The maximum atomic E-state index is 12.1. The molecule has 2 N–H and O–H groups in total.